The Labute approximate surface area is 180 Å². The van der Waals surface area contributed by atoms with Crippen molar-refractivity contribution in [1.82, 2.24) is 5.32 Å². The molecule has 30 heavy (non-hydrogen) atoms. The Bertz CT molecular complexity index is 928. The number of hydrogen-bond acceptors (Lipinski definition) is 3. The summed E-state index contributed by atoms with van der Waals surface area (Å²) in [5.74, 6) is 2.02. The Morgan fingerprint density at radius 1 is 1.17 bits per heavy atom. The van der Waals surface area contributed by atoms with Crippen LogP contribution < -0.4 is 14.8 Å². The Morgan fingerprint density at radius 3 is 2.60 bits per heavy atom. The zero-order chi connectivity index (χ0) is 21.3. The molecule has 4 nitrogen and oxygen atoms in total. The van der Waals surface area contributed by atoms with E-state index in [-0.39, 0.29) is 23.5 Å². The van der Waals surface area contributed by atoms with Gasteiger partial charge in [0.1, 0.15) is 17.1 Å². The largest absolute Gasteiger partial charge is 0.496 e. The highest BCUT2D eigenvalue weighted by Gasteiger charge is 2.42. The van der Waals surface area contributed by atoms with Crippen molar-refractivity contribution < 1.29 is 14.3 Å². The van der Waals surface area contributed by atoms with E-state index in [0.29, 0.717) is 0 Å². The number of methoxy groups -OCH3 is 1. The van der Waals surface area contributed by atoms with Crippen LogP contribution in [0.25, 0.3) is 0 Å². The molecule has 1 fully saturated rings. The van der Waals surface area contributed by atoms with Crippen LogP contribution in [0.5, 0.6) is 11.5 Å². The number of nitrogens with one attached hydrogen (secondary N) is 1. The number of amides is 1. The average Bonchev–Trinajstić information content (AvgIpc) is 2.73. The minimum absolute atomic E-state index is 0.0234. The van der Waals surface area contributed by atoms with Gasteiger partial charge in [-0.2, -0.15) is 0 Å². The first-order valence-electron chi connectivity index (χ1n) is 11.2. The maximum absolute atomic E-state index is 13.4. The van der Waals surface area contributed by atoms with Crippen LogP contribution in [0.3, 0.4) is 0 Å². The number of aryl methyl sites for hydroxylation is 1. The van der Waals surface area contributed by atoms with Gasteiger partial charge in [-0.15, -0.1) is 0 Å². The van der Waals surface area contributed by atoms with E-state index in [2.05, 4.69) is 25.2 Å². The Kier molecular flexibility index (Phi) is 5.77. The standard InChI is InChI=1S/C26H33NO3/c1-17(2)20-15-21(18(3)14-24(20)29-4)25(28)27-22-16-26(12-8-5-9-13-26)30-23-11-7-6-10-19(22)23/h6-7,10-11,14-15,17,22H,5,8-9,12-13,16H2,1-4H3,(H,27,28)/t22-/m0/s1. The molecule has 1 amide bonds. The fourth-order valence-electron chi connectivity index (χ4n) is 5.06. The number of ether oxygens (including phenoxy) is 2. The molecule has 1 spiro atoms. The molecule has 1 saturated carbocycles. The molecule has 160 valence electrons. The number of para-hydroxylation sites is 1. The molecule has 0 radical (unpaired) electrons. The molecule has 2 aromatic rings. The third-order valence-electron chi connectivity index (χ3n) is 6.71. The van der Waals surface area contributed by atoms with E-state index in [1.165, 1.54) is 19.3 Å². The topological polar surface area (TPSA) is 47.6 Å². The van der Waals surface area contributed by atoms with Crippen LogP contribution in [0.4, 0.5) is 0 Å². The Morgan fingerprint density at radius 2 is 1.90 bits per heavy atom. The number of hydrogen-bond donors (Lipinski definition) is 1. The van der Waals surface area contributed by atoms with E-state index in [4.69, 9.17) is 9.47 Å². The van der Waals surface area contributed by atoms with E-state index in [0.717, 1.165) is 53.0 Å². The molecular formula is C26H33NO3. The lowest BCUT2D eigenvalue weighted by Gasteiger charge is -2.44. The zero-order valence-electron chi connectivity index (χ0n) is 18.6. The van der Waals surface area contributed by atoms with Gasteiger partial charge in [-0.05, 0) is 67.9 Å². The maximum Gasteiger partial charge on any atom is 0.252 e. The maximum atomic E-state index is 13.4. The van der Waals surface area contributed by atoms with Crippen molar-refractivity contribution in [3.8, 4) is 11.5 Å². The van der Waals surface area contributed by atoms with Crippen molar-refractivity contribution in [3.63, 3.8) is 0 Å². The summed E-state index contributed by atoms with van der Waals surface area (Å²) in [5, 5.41) is 3.35. The van der Waals surface area contributed by atoms with Gasteiger partial charge < -0.3 is 14.8 Å². The fraction of sp³-hybridized carbons (Fsp3) is 0.500. The normalized spacial score (nSPS) is 19.8. The average molecular weight is 408 g/mol. The van der Waals surface area contributed by atoms with Crippen molar-refractivity contribution in [1.29, 1.82) is 0 Å². The third kappa shape index (κ3) is 3.92. The van der Waals surface area contributed by atoms with Gasteiger partial charge in [-0.25, -0.2) is 0 Å². The molecule has 1 heterocycles. The predicted molar refractivity (Wildman–Crippen MR) is 120 cm³/mol. The van der Waals surface area contributed by atoms with Gasteiger partial charge in [0.15, 0.2) is 0 Å². The molecule has 4 heteroatoms. The summed E-state index contributed by atoms with van der Waals surface area (Å²) >= 11 is 0. The fourth-order valence-corrected chi connectivity index (χ4v) is 5.06. The minimum atomic E-state index is -0.150. The van der Waals surface area contributed by atoms with Gasteiger partial charge in [0.25, 0.3) is 5.91 Å². The first-order chi connectivity index (χ1) is 14.4. The smallest absolute Gasteiger partial charge is 0.252 e. The molecule has 1 N–H and O–H groups in total. The summed E-state index contributed by atoms with van der Waals surface area (Å²) < 4.78 is 12.1. The second-order valence-corrected chi connectivity index (χ2v) is 9.18. The number of fused-ring (bicyclic) bond motifs is 1. The van der Waals surface area contributed by atoms with Crippen LogP contribution in [0.15, 0.2) is 36.4 Å². The molecule has 1 atom stereocenters. The first kappa shape index (κ1) is 20.8. The van der Waals surface area contributed by atoms with Crippen LogP contribution in [-0.2, 0) is 0 Å². The summed E-state index contributed by atoms with van der Waals surface area (Å²) in [7, 11) is 1.68. The lowest BCUT2D eigenvalue weighted by molar-refractivity contribution is -0.00210. The lowest BCUT2D eigenvalue weighted by atomic mass is 9.77. The van der Waals surface area contributed by atoms with E-state index in [1.807, 2.05) is 37.3 Å². The van der Waals surface area contributed by atoms with Crippen molar-refractivity contribution >= 4 is 5.91 Å². The molecule has 0 bridgehead atoms. The highest BCUT2D eigenvalue weighted by atomic mass is 16.5. The molecule has 0 unspecified atom stereocenters. The first-order valence-corrected chi connectivity index (χ1v) is 11.2. The van der Waals surface area contributed by atoms with Crippen molar-refractivity contribution in [2.45, 2.75) is 76.9 Å². The molecule has 1 aliphatic carbocycles. The number of carbonyl (C=O) groups excluding carboxylic acids is 1. The third-order valence-corrected chi connectivity index (χ3v) is 6.71. The quantitative estimate of drug-likeness (QED) is 0.668. The molecule has 2 aliphatic rings. The van der Waals surface area contributed by atoms with Crippen molar-refractivity contribution in [3.05, 3.63) is 58.7 Å². The van der Waals surface area contributed by atoms with E-state index in [9.17, 15) is 4.79 Å². The second-order valence-electron chi connectivity index (χ2n) is 9.18. The number of benzene rings is 2. The van der Waals surface area contributed by atoms with Gasteiger partial charge in [-0.1, -0.05) is 38.5 Å². The Hall–Kier alpha value is -2.49. The van der Waals surface area contributed by atoms with E-state index < -0.39 is 0 Å². The second kappa shape index (κ2) is 8.33. The van der Waals surface area contributed by atoms with Gasteiger partial charge in [0.05, 0.1) is 13.2 Å². The molecule has 0 aromatic heterocycles. The molecule has 4 rings (SSSR count). The van der Waals surface area contributed by atoms with Crippen LogP contribution in [0.1, 0.15) is 91.4 Å². The van der Waals surface area contributed by atoms with Crippen LogP contribution in [0, 0.1) is 6.92 Å². The van der Waals surface area contributed by atoms with Crippen LogP contribution in [0.2, 0.25) is 0 Å². The molecule has 0 saturated heterocycles. The van der Waals surface area contributed by atoms with Gasteiger partial charge in [0.2, 0.25) is 0 Å². The molecule has 1 aliphatic heterocycles. The van der Waals surface area contributed by atoms with Crippen molar-refractivity contribution in [2.75, 3.05) is 7.11 Å². The number of rotatable bonds is 4. The Balaban J connectivity index is 1.65. The summed E-state index contributed by atoms with van der Waals surface area (Å²) in [5.41, 5.74) is 3.65. The SMILES string of the molecule is COc1cc(C)c(C(=O)N[C@H]2CC3(CCCCC3)Oc3ccccc32)cc1C(C)C. The van der Waals surface area contributed by atoms with Gasteiger partial charge in [0, 0.05) is 17.5 Å². The number of carbonyl (C=O) groups is 1. The molecule has 2 aromatic carbocycles. The summed E-state index contributed by atoms with van der Waals surface area (Å²) in [6, 6.07) is 12.1. The van der Waals surface area contributed by atoms with Crippen molar-refractivity contribution in [2.24, 2.45) is 0 Å². The predicted octanol–water partition coefficient (Wildman–Crippen LogP) is 6.08. The van der Waals surface area contributed by atoms with E-state index >= 15 is 0 Å². The van der Waals surface area contributed by atoms with Gasteiger partial charge >= 0.3 is 0 Å². The van der Waals surface area contributed by atoms with Crippen LogP contribution in [-0.4, -0.2) is 18.6 Å². The summed E-state index contributed by atoms with van der Waals surface area (Å²) in [6.07, 6.45) is 6.62. The lowest BCUT2D eigenvalue weighted by Crippen LogP contribution is -2.46. The molecular weight excluding hydrogens is 374 g/mol. The highest BCUT2D eigenvalue weighted by molar-refractivity contribution is 5.96. The zero-order valence-corrected chi connectivity index (χ0v) is 18.6. The monoisotopic (exact) mass is 407 g/mol. The summed E-state index contributed by atoms with van der Waals surface area (Å²) in [6.45, 7) is 6.22. The van der Waals surface area contributed by atoms with Crippen LogP contribution >= 0.6 is 0 Å². The van der Waals surface area contributed by atoms with Gasteiger partial charge in [-0.3, -0.25) is 4.79 Å². The minimum Gasteiger partial charge on any atom is -0.496 e. The highest BCUT2D eigenvalue weighted by Crippen LogP contribution is 2.46. The summed E-state index contributed by atoms with van der Waals surface area (Å²) in [4.78, 5) is 13.4. The van der Waals surface area contributed by atoms with E-state index in [1.54, 1.807) is 7.11 Å².